The normalized spacial score (nSPS) is 18.6. The lowest BCUT2D eigenvalue weighted by molar-refractivity contribution is -0.154. The van der Waals surface area contributed by atoms with Gasteiger partial charge in [-0.3, -0.25) is 9.63 Å². The van der Waals surface area contributed by atoms with E-state index in [-0.39, 0.29) is 0 Å². The van der Waals surface area contributed by atoms with Crippen LogP contribution in [0.4, 0.5) is 5.69 Å². The van der Waals surface area contributed by atoms with Gasteiger partial charge in [0.1, 0.15) is 11.4 Å². The first-order valence-corrected chi connectivity index (χ1v) is 4.97. The fourth-order valence-corrected chi connectivity index (χ4v) is 1.60. The van der Waals surface area contributed by atoms with Gasteiger partial charge < -0.3 is 14.2 Å². The Morgan fingerprint density at radius 3 is 2.65 bits per heavy atom. The lowest BCUT2D eigenvalue weighted by Crippen LogP contribution is -2.46. The van der Waals surface area contributed by atoms with Gasteiger partial charge in [-0.15, -0.1) is 0 Å². The van der Waals surface area contributed by atoms with Crippen LogP contribution in [0.1, 0.15) is 0 Å². The Labute approximate surface area is 98.6 Å². The van der Waals surface area contributed by atoms with Crippen molar-refractivity contribution in [3.63, 3.8) is 0 Å². The van der Waals surface area contributed by atoms with Gasteiger partial charge in [-0.2, -0.15) is 5.06 Å². The molecule has 1 amide bonds. The monoisotopic (exact) mass is 239 g/mol. The molecule has 2 rings (SSSR count). The van der Waals surface area contributed by atoms with Crippen LogP contribution in [0.5, 0.6) is 11.5 Å². The molecule has 92 valence electrons. The van der Waals surface area contributed by atoms with Crippen LogP contribution in [-0.4, -0.2) is 33.5 Å². The standard InChI is InChI=1S/C11H13NO5/c1-14-7-4-5-8-9(6-7)17-11(15-2)10(13)12(8)16-3/h4-6,11H,1-3H3. The molecule has 1 unspecified atom stereocenters. The van der Waals surface area contributed by atoms with Crippen molar-refractivity contribution >= 4 is 11.6 Å². The van der Waals surface area contributed by atoms with E-state index < -0.39 is 12.2 Å². The van der Waals surface area contributed by atoms with E-state index in [4.69, 9.17) is 19.0 Å². The summed E-state index contributed by atoms with van der Waals surface area (Å²) >= 11 is 0. The van der Waals surface area contributed by atoms with E-state index in [0.717, 1.165) is 5.06 Å². The molecule has 17 heavy (non-hydrogen) atoms. The summed E-state index contributed by atoms with van der Waals surface area (Å²) in [7, 11) is 4.35. The minimum Gasteiger partial charge on any atom is -0.497 e. The third kappa shape index (κ3) is 1.92. The summed E-state index contributed by atoms with van der Waals surface area (Å²) in [4.78, 5) is 16.8. The second-order valence-electron chi connectivity index (χ2n) is 3.33. The molecule has 1 aromatic rings. The van der Waals surface area contributed by atoms with Crippen molar-refractivity contribution in [1.82, 2.24) is 0 Å². The van der Waals surface area contributed by atoms with Gasteiger partial charge in [0.2, 0.25) is 0 Å². The number of rotatable bonds is 3. The predicted molar refractivity (Wildman–Crippen MR) is 58.9 cm³/mol. The number of carbonyl (C=O) groups is 1. The van der Waals surface area contributed by atoms with Crippen molar-refractivity contribution in [1.29, 1.82) is 0 Å². The minimum atomic E-state index is -1.01. The van der Waals surface area contributed by atoms with Crippen molar-refractivity contribution in [2.24, 2.45) is 0 Å². The van der Waals surface area contributed by atoms with Crippen molar-refractivity contribution in [2.45, 2.75) is 6.29 Å². The number of hydroxylamine groups is 1. The molecule has 1 atom stereocenters. The Morgan fingerprint density at radius 1 is 1.29 bits per heavy atom. The molecular weight excluding hydrogens is 226 g/mol. The second-order valence-corrected chi connectivity index (χ2v) is 3.33. The van der Waals surface area contributed by atoms with Crippen LogP contribution in [0, 0.1) is 0 Å². The number of nitrogens with zero attached hydrogens (tertiary/aromatic N) is 1. The minimum absolute atomic E-state index is 0.410. The lowest BCUT2D eigenvalue weighted by atomic mass is 10.2. The van der Waals surface area contributed by atoms with Crippen LogP contribution in [-0.2, 0) is 14.4 Å². The molecule has 0 aliphatic carbocycles. The predicted octanol–water partition coefficient (Wildman–Crippen LogP) is 0.954. The van der Waals surface area contributed by atoms with Gasteiger partial charge in [-0.05, 0) is 12.1 Å². The zero-order chi connectivity index (χ0) is 12.4. The highest BCUT2D eigenvalue weighted by Gasteiger charge is 2.35. The molecule has 0 saturated heterocycles. The van der Waals surface area contributed by atoms with Crippen molar-refractivity contribution in [3.05, 3.63) is 18.2 Å². The molecule has 0 bridgehead atoms. The maximum absolute atomic E-state index is 11.8. The average molecular weight is 239 g/mol. The molecular formula is C11H13NO5. The molecule has 1 aliphatic heterocycles. The van der Waals surface area contributed by atoms with Crippen LogP contribution >= 0.6 is 0 Å². The molecule has 0 fully saturated rings. The highest BCUT2D eigenvalue weighted by atomic mass is 16.7. The molecule has 1 aromatic carbocycles. The molecule has 0 aromatic heterocycles. The fraction of sp³-hybridized carbons (Fsp3) is 0.364. The quantitative estimate of drug-likeness (QED) is 0.786. The van der Waals surface area contributed by atoms with Crippen LogP contribution in [0.3, 0.4) is 0 Å². The number of carbonyl (C=O) groups excluding carboxylic acids is 1. The topological polar surface area (TPSA) is 57.2 Å². The molecule has 0 saturated carbocycles. The van der Waals surface area contributed by atoms with E-state index in [9.17, 15) is 4.79 Å². The molecule has 0 radical (unpaired) electrons. The third-order valence-corrected chi connectivity index (χ3v) is 2.42. The summed E-state index contributed by atoms with van der Waals surface area (Å²) in [6.07, 6.45) is -1.01. The summed E-state index contributed by atoms with van der Waals surface area (Å²) < 4.78 is 15.4. The zero-order valence-corrected chi connectivity index (χ0v) is 9.80. The van der Waals surface area contributed by atoms with Gasteiger partial charge in [-0.1, -0.05) is 0 Å². The third-order valence-electron chi connectivity index (χ3n) is 2.42. The largest absolute Gasteiger partial charge is 0.497 e. The van der Waals surface area contributed by atoms with Crippen LogP contribution in [0.15, 0.2) is 18.2 Å². The first-order valence-electron chi connectivity index (χ1n) is 4.97. The highest BCUT2D eigenvalue weighted by Crippen LogP contribution is 2.36. The van der Waals surface area contributed by atoms with Gasteiger partial charge in [0.05, 0.1) is 14.2 Å². The Bertz CT molecular complexity index is 434. The van der Waals surface area contributed by atoms with Gasteiger partial charge >= 0.3 is 5.91 Å². The Balaban J connectivity index is 2.44. The Kier molecular flexibility index (Phi) is 3.16. The summed E-state index contributed by atoms with van der Waals surface area (Å²) in [5.74, 6) is 0.689. The van der Waals surface area contributed by atoms with E-state index in [1.54, 1.807) is 25.3 Å². The lowest BCUT2D eigenvalue weighted by Gasteiger charge is -2.31. The first-order chi connectivity index (χ1) is 8.21. The van der Waals surface area contributed by atoms with Gasteiger partial charge in [0.15, 0.2) is 5.75 Å². The molecule has 0 spiro atoms. The number of fused-ring (bicyclic) bond motifs is 1. The van der Waals surface area contributed by atoms with Crippen LogP contribution in [0.25, 0.3) is 0 Å². The molecule has 1 heterocycles. The van der Waals surface area contributed by atoms with E-state index in [1.807, 2.05) is 0 Å². The summed E-state index contributed by atoms with van der Waals surface area (Å²) in [5, 5.41) is 1.13. The van der Waals surface area contributed by atoms with Gasteiger partial charge in [0.25, 0.3) is 6.29 Å². The van der Waals surface area contributed by atoms with E-state index in [0.29, 0.717) is 17.2 Å². The molecule has 1 aliphatic rings. The summed E-state index contributed by atoms with van der Waals surface area (Å²) in [6.45, 7) is 0. The number of methoxy groups -OCH3 is 2. The summed E-state index contributed by atoms with van der Waals surface area (Å²) in [5.41, 5.74) is 0.520. The maximum Gasteiger partial charge on any atom is 0.320 e. The van der Waals surface area contributed by atoms with E-state index >= 15 is 0 Å². The first kappa shape index (κ1) is 11.7. The summed E-state index contributed by atoms with van der Waals surface area (Å²) in [6, 6.07) is 5.07. The molecule has 6 heteroatoms. The van der Waals surface area contributed by atoms with E-state index in [2.05, 4.69) is 0 Å². The zero-order valence-electron chi connectivity index (χ0n) is 9.80. The molecule has 6 nitrogen and oxygen atoms in total. The van der Waals surface area contributed by atoms with Crippen molar-refractivity contribution < 1.29 is 23.8 Å². The Morgan fingerprint density at radius 2 is 2.06 bits per heavy atom. The Hall–Kier alpha value is -1.79. The number of ether oxygens (including phenoxy) is 3. The van der Waals surface area contributed by atoms with Crippen molar-refractivity contribution in [2.75, 3.05) is 26.4 Å². The van der Waals surface area contributed by atoms with Gasteiger partial charge in [0, 0.05) is 13.2 Å². The van der Waals surface area contributed by atoms with Crippen LogP contribution in [0.2, 0.25) is 0 Å². The maximum atomic E-state index is 11.8. The smallest absolute Gasteiger partial charge is 0.320 e. The number of amides is 1. The molecule has 0 N–H and O–H groups in total. The SMILES string of the molecule is COc1ccc2c(c1)OC(OC)C(=O)N2OC. The number of hydrogen-bond acceptors (Lipinski definition) is 5. The van der Waals surface area contributed by atoms with Gasteiger partial charge in [-0.25, -0.2) is 0 Å². The van der Waals surface area contributed by atoms with E-state index in [1.165, 1.54) is 14.2 Å². The fourth-order valence-electron chi connectivity index (χ4n) is 1.60. The number of anilines is 1. The second kappa shape index (κ2) is 4.60. The van der Waals surface area contributed by atoms with Crippen molar-refractivity contribution in [3.8, 4) is 11.5 Å². The highest BCUT2D eigenvalue weighted by molar-refractivity contribution is 5.97. The number of benzene rings is 1. The number of hydrogen-bond donors (Lipinski definition) is 0. The van der Waals surface area contributed by atoms with Crippen LogP contribution < -0.4 is 14.5 Å². The average Bonchev–Trinajstić information content (AvgIpc) is 2.37.